The van der Waals surface area contributed by atoms with Crippen LogP contribution >= 0.6 is 0 Å². The van der Waals surface area contributed by atoms with Crippen molar-refractivity contribution in [3.8, 4) is 0 Å². The zero-order valence-electron chi connectivity index (χ0n) is 24.7. The van der Waals surface area contributed by atoms with Crippen LogP contribution in [0.2, 0.25) is 0 Å². The smallest absolute Gasteiger partial charge is 0.112 e. The van der Waals surface area contributed by atoms with Crippen molar-refractivity contribution in [1.82, 2.24) is 9.55 Å². The fourth-order valence-corrected chi connectivity index (χ4v) is 6.19. The monoisotopic (exact) mass is 514 g/mol. The largest absolute Gasteiger partial charge is 0.335 e. The van der Waals surface area contributed by atoms with Crippen molar-refractivity contribution >= 4 is 0 Å². The maximum atomic E-state index is 5.08. The van der Waals surface area contributed by atoms with Gasteiger partial charge in [0, 0.05) is 30.3 Å². The Kier molecular flexibility index (Phi) is 13.7. The summed E-state index contributed by atoms with van der Waals surface area (Å²) in [6, 6.07) is 22.4. The molecule has 0 amide bonds. The quantitative estimate of drug-likeness (QED) is 0.137. The van der Waals surface area contributed by atoms with Crippen molar-refractivity contribution in [2.75, 3.05) is 0 Å². The van der Waals surface area contributed by atoms with Gasteiger partial charge in [0.05, 0.1) is 0 Å². The number of hydrogen-bond acceptors (Lipinski definition) is 1. The molecule has 208 valence electrons. The van der Waals surface area contributed by atoms with E-state index in [1.54, 1.807) is 0 Å². The van der Waals surface area contributed by atoms with Crippen LogP contribution in [0.25, 0.3) is 0 Å². The highest BCUT2D eigenvalue weighted by Crippen LogP contribution is 2.44. The van der Waals surface area contributed by atoms with Gasteiger partial charge in [0.2, 0.25) is 0 Å². The van der Waals surface area contributed by atoms with Crippen molar-refractivity contribution in [1.29, 1.82) is 0 Å². The predicted molar refractivity (Wildman–Crippen MR) is 165 cm³/mol. The second kappa shape index (κ2) is 17.3. The Balaban J connectivity index is 1.83. The van der Waals surface area contributed by atoms with E-state index >= 15 is 0 Å². The van der Waals surface area contributed by atoms with Crippen LogP contribution in [-0.4, -0.2) is 9.55 Å². The first-order chi connectivity index (χ1) is 18.7. The van der Waals surface area contributed by atoms with E-state index in [0.29, 0.717) is 5.92 Å². The molecule has 0 aliphatic heterocycles. The lowest BCUT2D eigenvalue weighted by Gasteiger charge is -2.39. The fraction of sp³-hybridized carbons (Fsp3) is 0.583. The SMILES string of the molecule is CCCCCCCCCC(c1nccn1CCCCCCCC)C(C)(Cc1ccccc1)c1ccccc1. The Morgan fingerprint density at radius 1 is 0.684 bits per heavy atom. The summed E-state index contributed by atoms with van der Waals surface area (Å²) in [5.74, 6) is 1.68. The third-order valence-electron chi connectivity index (χ3n) is 8.52. The van der Waals surface area contributed by atoms with Gasteiger partial charge in [-0.1, -0.05) is 158 Å². The molecule has 0 bridgehead atoms. The molecule has 2 atom stereocenters. The summed E-state index contributed by atoms with van der Waals surface area (Å²) in [6.07, 6.45) is 23.9. The van der Waals surface area contributed by atoms with Crippen molar-refractivity contribution in [3.63, 3.8) is 0 Å². The van der Waals surface area contributed by atoms with Gasteiger partial charge in [0.25, 0.3) is 0 Å². The molecule has 3 rings (SSSR count). The van der Waals surface area contributed by atoms with Crippen LogP contribution in [0.5, 0.6) is 0 Å². The number of imidazole rings is 1. The van der Waals surface area contributed by atoms with Gasteiger partial charge in [-0.3, -0.25) is 0 Å². The molecule has 2 heteroatoms. The molecular formula is C36H54N2. The Labute approximate surface area is 234 Å². The number of benzene rings is 2. The summed E-state index contributed by atoms with van der Waals surface area (Å²) in [4.78, 5) is 5.08. The van der Waals surface area contributed by atoms with E-state index < -0.39 is 0 Å². The molecule has 0 saturated heterocycles. The van der Waals surface area contributed by atoms with Gasteiger partial charge in [-0.25, -0.2) is 4.98 Å². The summed E-state index contributed by atoms with van der Waals surface area (Å²) in [5.41, 5.74) is 2.83. The molecule has 1 heterocycles. The van der Waals surface area contributed by atoms with E-state index in [9.17, 15) is 0 Å². The molecule has 0 N–H and O–H groups in total. The first kappa shape index (κ1) is 30.2. The number of nitrogens with zero attached hydrogens (tertiary/aromatic N) is 2. The summed E-state index contributed by atoms with van der Waals surface area (Å²) in [6.45, 7) is 8.19. The molecule has 3 aromatic rings. The number of hydrogen-bond donors (Lipinski definition) is 0. The minimum Gasteiger partial charge on any atom is -0.335 e. The minimum atomic E-state index is -0.0188. The molecule has 38 heavy (non-hydrogen) atoms. The predicted octanol–water partition coefficient (Wildman–Crippen LogP) is 10.7. The first-order valence-corrected chi connectivity index (χ1v) is 15.8. The van der Waals surface area contributed by atoms with Gasteiger partial charge in [-0.2, -0.15) is 0 Å². The van der Waals surface area contributed by atoms with E-state index in [0.717, 1.165) is 13.0 Å². The van der Waals surface area contributed by atoms with Gasteiger partial charge in [-0.05, 0) is 30.4 Å². The molecule has 0 fully saturated rings. The summed E-state index contributed by atoms with van der Waals surface area (Å²) >= 11 is 0. The van der Waals surface area contributed by atoms with Gasteiger partial charge >= 0.3 is 0 Å². The Bertz CT molecular complexity index is 977. The van der Waals surface area contributed by atoms with Gasteiger partial charge in [-0.15, -0.1) is 0 Å². The van der Waals surface area contributed by atoms with E-state index in [2.05, 4.69) is 98.4 Å². The number of unbranched alkanes of at least 4 members (excludes halogenated alkanes) is 11. The second-order valence-corrected chi connectivity index (χ2v) is 11.7. The number of aryl methyl sites for hydroxylation is 1. The third kappa shape index (κ3) is 9.44. The molecule has 2 unspecified atom stereocenters. The molecule has 0 aliphatic carbocycles. The van der Waals surface area contributed by atoms with Crippen LogP contribution in [0.1, 0.15) is 134 Å². The highest BCUT2D eigenvalue weighted by Gasteiger charge is 2.39. The molecular weight excluding hydrogens is 460 g/mol. The van der Waals surface area contributed by atoms with E-state index in [4.69, 9.17) is 4.98 Å². The van der Waals surface area contributed by atoms with Crippen molar-refractivity contribution in [2.45, 2.75) is 135 Å². The maximum absolute atomic E-state index is 5.08. The summed E-state index contributed by atoms with van der Waals surface area (Å²) in [7, 11) is 0. The Hall–Kier alpha value is -2.35. The van der Waals surface area contributed by atoms with E-state index in [-0.39, 0.29) is 5.41 Å². The van der Waals surface area contributed by atoms with Crippen molar-refractivity contribution in [3.05, 3.63) is 90.0 Å². The topological polar surface area (TPSA) is 17.8 Å². The molecule has 2 nitrogen and oxygen atoms in total. The average molecular weight is 515 g/mol. The van der Waals surface area contributed by atoms with Crippen molar-refractivity contribution < 1.29 is 0 Å². The highest BCUT2D eigenvalue weighted by atomic mass is 15.1. The van der Waals surface area contributed by atoms with E-state index in [1.807, 2.05) is 0 Å². The molecule has 0 spiro atoms. The molecule has 2 aromatic carbocycles. The van der Waals surface area contributed by atoms with Crippen molar-refractivity contribution in [2.24, 2.45) is 0 Å². The molecule has 1 aromatic heterocycles. The number of rotatable bonds is 20. The third-order valence-corrected chi connectivity index (χ3v) is 8.52. The van der Waals surface area contributed by atoms with E-state index in [1.165, 1.54) is 107 Å². The van der Waals surface area contributed by atoms with Gasteiger partial charge < -0.3 is 4.57 Å². The average Bonchev–Trinajstić information content (AvgIpc) is 3.41. The van der Waals surface area contributed by atoms with Gasteiger partial charge in [0.1, 0.15) is 5.82 Å². The molecule has 0 saturated carbocycles. The lowest BCUT2D eigenvalue weighted by molar-refractivity contribution is 0.321. The van der Waals surface area contributed by atoms with Gasteiger partial charge in [0.15, 0.2) is 0 Å². The minimum absolute atomic E-state index is 0.0188. The van der Waals surface area contributed by atoms with Crippen LogP contribution in [0.3, 0.4) is 0 Å². The Morgan fingerprint density at radius 2 is 1.24 bits per heavy atom. The highest BCUT2D eigenvalue weighted by molar-refractivity contribution is 5.33. The zero-order valence-corrected chi connectivity index (χ0v) is 24.7. The summed E-state index contributed by atoms with van der Waals surface area (Å²) < 4.78 is 2.50. The summed E-state index contributed by atoms with van der Waals surface area (Å²) in [5, 5.41) is 0. The fourth-order valence-electron chi connectivity index (χ4n) is 6.19. The maximum Gasteiger partial charge on any atom is 0.112 e. The lowest BCUT2D eigenvalue weighted by atomic mass is 9.66. The lowest BCUT2D eigenvalue weighted by Crippen LogP contribution is -2.35. The Morgan fingerprint density at radius 3 is 1.87 bits per heavy atom. The number of aromatic nitrogens is 2. The molecule has 0 aliphatic rings. The first-order valence-electron chi connectivity index (χ1n) is 15.8. The zero-order chi connectivity index (χ0) is 26.9. The standard InChI is InChI=1S/C36H54N2/c1-4-6-8-10-12-13-21-27-34(35-37-28-30-38(35)29-22-14-11-9-7-5-2)36(3,33-25-19-16-20-26-33)31-32-23-17-15-18-24-32/h15-20,23-26,28,30,34H,4-14,21-22,27,29,31H2,1-3H3. The second-order valence-electron chi connectivity index (χ2n) is 11.7. The molecule has 0 radical (unpaired) electrons. The van der Waals surface area contributed by atoms with Crippen LogP contribution in [0.4, 0.5) is 0 Å². The van der Waals surface area contributed by atoms with Crippen LogP contribution in [-0.2, 0) is 18.4 Å². The van der Waals surface area contributed by atoms with Crippen LogP contribution in [0.15, 0.2) is 73.1 Å². The normalized spacial score (nSPS) is 13.9. The van der Waals surface area contributed by atoms with Crippen LogP contribution in [0, 0.1) is 0 Å². The van der Waals surface area contributed by atoms with Crippen LogP contribution < -0.4 is 0 Å².